The first-order chi connectivity index (χ1) is 16.2. The van der Waals surface area contributed by atoms with Crippen LogP contribution >= 0.6 is 0 Å². The summed E-state index contributed by atoms with van der Waals surface area (Å²) >= 11 is 0. The van der Waals surface area contributed by atoms with Gasteiger partial charge < -0.3 is 0 Å². The molecule has 3 aromatic carbocycles. The molecule has 0 fully saturated rings. The van der Waals surface area contributed by atoms with E-state index < -0.39 is 16.3 Å². The van der Waals surface area contributed by atoms with Crippen molar-refractivity contribution in [3.63, 3.8) is 0 Å². The molecule has 0 amide bonds. The van der Waals surface area contributed by atoms with Crippen molar-refractivity contribution < 1.29 is 17.2 Å². The zero-order chi connectivity index (χ0) is 24.5. The number of benzene rings is 3. The van der Waals surface area contributed by atoms with Crippen LogP contribution in [0.15, 0.2) is 77.7 Å². The molecule has 0 aliphatic heterocycles. The molecule has 1 aromatic heterocycles. The zero-order valence-corrected chi connectivity index (χ0v) is 20.1. The smallest absolute Gasteiger partial charge is 0.232 e. The van der Waals surface area contributed by atoms with Crippen molar-refractivity contribution in [3.8, 4) is 28.1 Å². The van der Waals surface area contributed by atoms with Crippen LogP contribution in [0.3, 0.4) is 0 Å². The molecule has 0 saturated carbocycles. The molecular formula is C27H26F2N2O2S. The summed E-state index contributed by atoms with van der Waals surface area (Å²) in [4.78, 5) is 0.164. The number of hydrogen-bond acceptors (Lipinski definition) is 3. The van der Waals surface area contributed by atoms with Gasteiger partial charge in [0, 0.05) is 17.4 Å². The van der Waals surface area contributed by atoms with Gasteiger partial charge in [-0.15, -0.1) is 0 Å². The molecule has 0 saturated heterocycles. The number of aromatic nitrogens is 2. The van der Waals surface area contributed by atoms with Crippen molar-refractivity contribution in [2.45, 2.75) is 38.0 Å². The summed E-state index contributed by atoms with van der Waals surface area (Å²) in [6.45, 7) is 4.08. The predicted molar refractivity (Wildman–Crippen MR) is 131 cm³/mol. The van der Waals surface area contributed by atoms with Gasteiger partial charge in [0.05, 0.1) is 16.3 Å². The van der Waals surface area contributed by atoms with E-state index in [1.807, 2.05) is 62.4 Å². The van der Waals surface area contributed by atoms with Crippen LogP contribution in [0.1, 0.15) is 37.1 Å². The van der Waals surface area contributed by atoms with Gasteiger partial charge in [0.2, 0.25) is 0 Å². The van der Waals surface area contributed by atoms with Crippen LogP contribution in [0.5, 0.6) is 0 Å². The highest BCUT2D eigenvalue weighted by Crippen LogP contribution is 2.40. The third kappa shape index (κ3) is 4.66. The third-order valence-corrected chi connectivity index (χ3v) is 7.04. The first kappa shape index (κ1) is 23.8. The van der Waals surface area contributed by atoms with Crippen molar-refractivity contribution in [1.82, 2.24) is 9.78 Å². The van der Waals surface area contributed by atoms with Crippen LogP contribution in [-0.2, 0) is 22.7 Å². The fourth-order valence-electron chi connectivity index (χ4n) is 3.97. The largest absolute Gasteiger partial charge is 0.282 e. The lowest BCUT2D eigenvalue weighted by Gasteiger charge is -2.12. The second kappa shape index (κ2) is 9.50. The number of aryl methyl sites for hydroxylation is 2. The average molecular weight is 481 g/mol. The van der Waals surface area contributed by atoms with Crippen molar-refractivity contribution in [2.75, 3.05) is 6.26 Å². The van der Waals surface area contributed by atoms with Crippen LogP contribution in [-0.4, -0.2) is 24.5 Å². The summed E-state index contributed by atoms with van der Waals surface area (Å²) in [5, 5.41) is 4.35. The Hall–Kier alpha value is -3.32. The van der Waals surface area contributed by atoms with Gasteiger partial charge in [0.15, 0.2) is 9.84 Å². The van der Waals surface area contributed by atoms with E-state index in [2.05, 4.69) is 5.10 Å². The van der Waals surface area contributed by atoms with E-state index in [4.69, 9.17) is 0 Å². The maximum atomic E-state index is 14.3. The second-order valence-corrected chi connectivity index (χ2v) is 10.2. The first-order valence-corrected chi connectivity index (χ1v) is 13.0. The third-order valence-electron chi connectivity index (χ3n) is 5.92. The van der Waals surface area contributed by atoms with Gasteiger partial charge in [-0.2, -0.15) is 5.10 Å². The van der Waals surface area contributed by atoms with Crippen LogP contribution in [0.2, 0.25) is 0 Å². The van der Waals surface area contributed by atoms with Gasteiger partial charge in [-0.25, -0.2) is 21.9 Å². The van der Waals surface area contributed by atoms with Gasteiger partial charge in [0.1, 0.15) is 5.69 Å². The number of rotatable bonds is 7. The van der Waals surface area contributed by atoms with Gasteiger partial charge in [-0.05, 0) is 53.8 Å². The van der Waals surface area contributed by atoms with Gasteiger partial charge in [-0.3, -0.25) is 0 Å². The van der Waals surface area contributed by atoms with Gasteiger partial charge in [-0.1, -0.05) is 62.4 Å². The Morgan fingerprint density at radius 2 is 1.29 bits per heavy atom. The molecule has 4 aromatic rings. The average Bonchev–Trinajstić information content (AvgIpc) is 3.24. The van der Waals surface area contributed by atoms with Crippen LogP contribution in [0.4, 0.5) is 8.78 Å². The van der Waals surface area contributed by atoms with E-state index in [-0.39, 0.29) is 10.6 Å². The highest BCUT2D eigenvalue weighted by atomic mass is 32.2. The Bertz CT molecular complexity index is 1390. The first-order valence-electron chi connectivity index (χ1n) is 11.1. The summed E-state index contributed by atoms with van der Waals surface area (Å²) in [6.07, 6.45) is 0.0458. The Labute approximate surface area is 198 Å². The summed E-state index contributed by atoms with van der Waals surface area (Å²) < 4.78 is 54.0. The lowest BCUT2D eigenvalue weighted by atomic mass is 9.97. The monoisotopic (exact) mass is 480 g/mol. The van der Waals surface area contributed by atoms with Crippen LogP contribution in [0, 0.1) is 0 Å². The highest BCUT2D eigenvalue weighted by Gasteiger charge is 2.27. The molecule has 0 bridgehead atoms. The lowest BCUT2D eigenvalue weighted by molar-refractivity contribution is 0.146. The molecule has 34 heavy (non-hydrogen) atoms. The van der Waals surface area contributed by atoms with Gasteiger partial charge in [0.25, 0.3) is 6.43 Å². The van der Waals surface area contributed by atoms with Crippen molar-refractivity contribution in [3.05, 3.63) is 89.6 Å². The van der Waals surface area contributed by atoms with E-state index in [1.165, 1.54) is 16.8 Å². The molecule has 0 aliphatic carbocycles. The zero-order valence-electron chi connectivity index (χ0n) is 19.3. The molecule has 7 heteroatoms. The Balaban J connectivity index is 2.01. The molecule has 0 N–H and O–H groups in total. The minimum absolute atomic E-state index is 0.164. The Morgan fingerprint density at radius 3 is 1.76 bits per heavy atom. The van der Waals surface area contributed by atoms with Crippen molar-refractivity contribution in [1.29, 1.82) is 0 Å². The standard InChI is InChI=1S/C27H26F2N2O2S/c1-4-18-6-10-20(11-7-18)24-25(27(28)29)30-31(22-14-8-19(5-2)9-15-22)26(24)21-12-16-23(17-13-21)34(3,32)33/h6-17,27H,4-5H2,1-3H3. The highest BCUT2D eigenvalue weighted by molar-refractivity contribution is 7.90. The minimum atomic E-state index is -3.39. The number of hydrogen-bond donors (Lipinski definition) is 0. The van der Waals surface area contributed by atoms with Crippen molar-refractivity contribution >= 4 is 9.84 Å². The maximum absolute atomic E-state index is 14.3. The maximum Gasteiger partial charge on any atom is 0.282 e. The molecule has 0 unspecified atom stereocenters. The molecule has 0 atom stereocenters. The summed E-state index contributed by atoms with van der Waals surface area (Å²) in [5.74, 6) is 0. The van der Waals surface area contributed by atoms with E-state index >= 15 is 0 Å². The lowest BCUT2D eigenvalue weighted by Crippen LogP contribution is -2.01. The molecule has 0 radical (unpaired) electrons. The number of alkyl halides is 2. The molecule has 4 nitrogen and oxygen atoms in total. The summed E-state index contributed by atoms with van der Waals surface area (Å²) in [5.41, 5.74) is 4.62. The van der Waals surface area contributed by atoms with E-state index in [0.29, 0.717) is 28.1 Å². The summed E-state index contributed by atoms with van der Waals surface area (Å²) in [7, 11) is -3.39. The molecular weight excluding hydrogens is 454 g/mol. The second-order valence-electron chi connectivity index (χ2n) is 8.19. The number of halogens is 2. The van der Waals surface area contributed by atoms with Crippen LogP contribution in [0.25, 0.3) is 28.1 Å². The number of nitrogens with zero attached hydrogens (tertiary/aromatic N) is 2. The molecule has 4 rings (SSSR count). The van der Waals surface area contributed by atoms with Gasteiger partial charge >= 0.3 is 0 Å². The quantitative estimate of drug-likeness (QED) is 0.297. The number of sulfone groups is 1. The molecule has 1 heterocycles. The van der Waals surface area contributed by atoms with E-state index in [9.17, 15) is 17.2 Å². The normalized spacial score (nSPS) is 11.8. The fourth-order valence-corrected chi connectivity index (χ4v) is 4.60. The Kier molecular flexibility index (Phi) is 6.66. The minimum Gasteiger partial charge on any atom is -0.232 e. The molecule has 0 spiro atoms. The predicted octanol–water partition coefficient (Wildman–Crippen LogP) is 6.67. The summed E-state index contributed by atoms with van der Waals surface area (Å²) in [6, 6.07) is 21.4. The molecule has 176 valence electrons. The van der Waals surface area contributed by atoms with E-state index in [1.54, 1.807) is 12.1 Å². The van der Waals surface area contributed by atoms with Crippen LogP contribution < -0.4 is 0 Å². The van der Waals surface area contributed by atoms with E-state index in [0.717, 1.165) is 30.2 Å². The SMILES string of the molecule is CCc1ccc(-c2c(C(F)F)nn(-c3ccc(CC)cc3)c2-c2ccc(S(C)(=O)=O)cc2)cc1. The topological polar surface area (TPSA) is 52.0 Å². The fraction of sp³-hybridized carbons (Fsp3) is 0.222. The van der Waals surface area contributed by atoms with Crippen molar-refractivity contribution in [2.24, 2.45) is 0 Å². The Morgan fingerprint density at radius 1 is 0.794 bits per heavy atom. The molecule has 0 aliphatic rings.